The largest absolute Gasteiger partial charge is 0.349 e. The summed E-state index contributed by atoms with van der Waals surface area (Å²) in [6.07, 6.45) is 0.747. The lowest BCUT2D eigenvalue weighted by Crippen LogP contribution is -2.43. The second-order valence-corrected chi connectivity index (χ2v) is 8.62. The number of H-pyrrole nitrogens is 1. The number of nitrogens with one attached hydrogen (secondary N) is 2. The number of carbonyl (C=O) groups excluding carboxylic acids is 1. The van der Waals surface area contributed by atoms with E-state index in [2.05, 4.69) is 15.5 Å². The lowest BCUT2D eigenvalue weighted by Gasteiger charge is -2.30. The Morgan fingerprint density at radius 3 is 2.63 bits per heavy atom. The van der Waals surface area contributed by atoms with Crippen LogP contribution in [0.25, 0.3) is 0 Å². The Morgan fingerprint density at radius 2 is 2.04 bits per heavy atom. The molecule has 146 valence electrons. The predicted octanol–water partition coefficient (Wildman–Crippen LogP) is 1.33. The molecule has 11 heteroatoms. The Kier molecular flexibility index (Phi) is 5.72. The summed E-state index contributed by atoms with van der Waals surface area (Å²) >= 11 is 5.02. The number of benzene rings is 1. The molecule has 0 bridgehead atoms. The first-order valence-electron chi connectivity index (χ1n) is 8.43. The van der Waals surface area contributed by atoms with Crippen LogP contribution in [0.5, 0.6) is 0 Å². The van der Waals surface area contributed by atoms with Gasteiger partial charge >= 0.3 is 0 Å². The number of hydrogen-bond donors (Lipinski definition) is 2. The number of hydrogen-bond acceptors (Lipinski definition) is 5. The van der Waals surface area contributed by atoms with Crippen LogP contribution in [0.15, 0.2) is 29.2 Å². The van der Waals surface area contributed by atoms with E-state index in [1.54, 1.807) is 11.6 Å². The van der Waals surface area contributed by atoms with Crippen LogP contribution in [-0.2, 0) is 28.4 Å². The third kappa shape index (κ3) is 4.09. The molecule has 1 amide bonds. The van der Waals surface area contributed by atoms with Gasteiger partial charge in [0, 0.05) is 26.1 Å². The van der Waals surface area contributed by atoms with Gasteiger partial charge in [0.2, 0.25) is 15.9 Å². The molecule has 0 spiro atoms. The highest BCUT2D eigenvalue weighted by Crippen LogP contribution is 2.25. The molecule has 2 N–H and O–H groups in total. The maximum atomic E-state index is 13.9. The minimum Gasteiger partial charge on any atom is -0.349 e. The molecule has 8 nitrogen and oxygen atoms in total. The average molecular weight is 414 g/mol. The number of sulfonamides is 1. The number of amides is 1. The summed E-state index contributed by atoms with van der Waals surface area (Å²) in [5.41, 5.74) is 0. The van der Waals surface area contributed by atoms with Crippen molar-refractivity contribution in [2.75, 3.05) is 13.1 Å². The lowest BCUT2D eigenvalue weighted by molar-refractivity contribution is -0.126. The molecule has 0 atom stereocenters. The van der Waals surface area contributed by atoms with Gasteiger partial charge in [-0.3, -0.25) is 9.89 Å². The highest BCUT2D eigenvalue weighted by Gasteiger charge is 2.33. The Hall–Kier alpha value is -2.11. The first-order chi connectivity index (χ1) is 12.8. The average Bonchev–Trinajstić information content (AvgIpc) is 2.98. The van der Waals surface area contributed by atoms with E-state index in [9.17, 15) is 17.6 Å². The minimum absolute atomic E-state index is 0.160. The van der Waals surface area contributed by atoms with Crippen LogP contribution in [-0.4, -0.2) is 46.5 Å². The molecule has 1 saturated heterocycles. The molecule has 2 aromatic rings. The molecule has 0 radical (unpaired) electrons. The van der Waals surface area contributed by atoms with Gasteiger partial charge in [-0.2, -0.15) is 9.40 Å². The molecule has 0 unspecified atom stereocenters. The van der Waals surface area contributed by atoms with Crippen molar-refractivity contribution < 1.29 is 17.6 Å². The Labute approximate surface area is 161 Å². The smallest absolute Gasteiger partial charge is 0.245 e. The van der Waals surface area contributed by atoms with Crippen molar-refractivity contribution in [2.45, 2.75) is 24.3 Å². The fraction of sp³-hybridized carbons (Fsp3) is 0.438. The van der Waals surface area contributed by atoms with E-state index in [1.807, 2.05) is 0 Å². The van der Waals surface area contributed by atoms with Crippen LogP contribution in [0, 0.1) is 16.5 Å². The summed E-state index contributed by atoms with van der Waals surface area (Å²) in [6, 6.07) is 5.30. The molecule has 1 aliphatic rings. The summed E-state index contributed by atoms with van der Waals surface area (Å²) < 4.78 is 42.4. The minimum atomic E-state index is -3.90. The quantitative estimate of drug-likeness (QED) is 0.721. The summed E-state index contributed by atoms with van der Waals surface area (Å²) in [7, 11) is -2.15. The van der Waals surface area contributed by atoms with E-state index in [4.69, 9.17) is 12.2 Å². The second-order valence-electron chi connectivity index (χ2n) is 6.33. The second kappa shape index (κ2) is 7.87. The number of carbonyl (C=O) groups is 1. The zero-order chi connectivity index (χ0) is 19.6. The Morgan fingerprint density at radius 1 is 1.37 bits per heavy atom. The molecule has 1 fully saturated rings. The van der Waals surface area contributed by atoms with E-state index in [0.29, 0.717) is 23.4 Å². The van der Waals surface area contributed by atoms with Gasteiger partial charge in [0.15, 0.2) is 10.6 Å². The normalized spacial score (nSPS) is 16.4. The number of rotatable bonds is 5. The molecule has 1 aromatic carbocycles. The standard InChI is InChI=1S/C16H20FN5O3S2/c1-21-14(19-20-16(21)26)10-18-15(23)11-6-8-22(9-7-11)27(24,25)13-5-3-2-4-12(13)17/h2-5,11H,6-10H2,1H3,(H,18,23)(H,20,26). The number of halogens is 1. The van der Waals surface area contributed by atoms with Crippen molar-refractivity contribution in [3.05, 3.63) is 40.7 Å². The molecule has 0 saturated carbocycles. The van der Waals surface area contributed by atoms with Crippen molar-refractivity contribution in [1.29, 1.82) is 0 Å². The third-order valence-corrected chi connectivity index (χ3v) is 6.97. The topological polar surface area (TPSA) is 100 Å². The van der Waals surface area contributed by atoms with Crippen LogP contribution < -0.4 is 5.32 Å². The lowest BCUT2D eigenvalue weighted by atomic mass is 9.97. The molecular formula is C16H20FN5O3S2. The van der Waals surface area contributed by atoms with Gasteiger partial charge in [-0.05, 0) is 37.2 Å². The van der Waals surface area contributed by atoms with Gasteiger partial charge in [0.25, 0.3) is 0 Å². The first kappa shape index (κ1) is 19.6. The van der Waals surface area contributed by atoms with Crippen molar-refractivity contribution in [2.24, 2.45) is 13.0 Å². The Bertz CT molecular complexity index is 993. The zero-order valence-electron chi connectivity index (χ0n) is 14.7. The summed E-state index contributed by atoms with van der Waals surface area (Å²) in [4.78, 5) is 12.0. The van der Waals surface area contributed by atoms with Crippen LogP contribution >= 0.6 is 12.2 Å². The summed E-state index contributed by atoms with van der Waals surface area (Å²) in [5, 5.41) is 9.47. The SMILES string of the molecule is Cn1c(CNC(=O)C2CCN(S(=O)(=O)c3ccccc3F)CC2)n[nH]c1=S. The van der Waals surface area contributed by atoms with Crippen molar-refractivity contribution >= 4 is 28.1 Å². The van der Waals surface area contributed by atoms with Crippen LogP contribution in [0.2, 0.25) is 0 Å². The van der Waals surface area contributed by atoms with Gasteiger partial charge in [-0.1, -0.05) is 12.1 Å². The third-order valence-electron chi connectivity index (χ3n) is 4.67. The van der Waals surface area contributed by atoms with E-state index in [-0.39, 0.29) is 36.4 Å². The predicted molar refractivity (Wildman–Crippen MR) is 98.1 cm³/mol. The fourth-order valence-corrected chi connectivity index (χ4v) is 4.69. The van der Waals surface area contributed by atoms with E-state index >= 15 is 0 Å². The van der Waals surface area contributed by atoms with Crippen LogP contribution in [0.4, 0.5) is 4.39 Å². The molecule has 0 aliphatic carbocycles. The van der Waals surface area contributed by atoms with E-state index < -0.39 is 15.8 Å². The molecular weight excluding hydrogens is 393 g/mol. The fourth-order valence-electron chi connectivity index (χ4n) is 3.00. The molecule has 27 heavy (non-hydrogen) atoms. The number of nitrogens with zero attached hydrogens (tertiary/aromatic N) is 3. The highest BCUT2D eigenvalue weighted by atomic mass is 32.2. The van der Waals surface area contributed by atoms with Gasteiger partial charge in [-0.15, -0.1) is 0 Å². The maximum absolute atomic E-state index is 13.9. The monoisotopic (exact) mass is 413 g/mol. The van der Waals surface area contributed by atoms with E-state index in [0.717, 1.165) is 6.07 Å². The molecule has 1 aromatic heterocycles. The van der Waals surface area contributed by atoms with Gasteiger partial charge in [0.05, 0.1) is 6.54 Å². The maximum Gasteiger partial charge on any atom is 0.245 e. The number of aromatic nitrogens is 3. The molecule has 2 heterocycles. The number of aromatic amines is 1. The number of piperidine rings is 1. The van der Waals surface area contributed by atoms with Crippen LogP contribution in [0.1, 0.15) is 18.7 Å². The van der Waals surface area contributed by atoms with Gasteiger partial charge < -0.3 is 9.88 Å². The summed E-state index contributed by atoms with van der Waals surface area (Å²) in [6.45, 7) is 0.568. The molecule has 3 rings (SSSR count). The van der Waals surface area contributed by atoms with Crippen molar-refractivity contribution in [3.63, 3.8) is 0 Å². The molecule has 1 aliphatic heterocycles. The highest BCUT2D eigenvalue weighted by molar-refractivity contribution is 7.89. The Balaban J connectivity index is 1.58. The summed E-state index contributed by atoms with van der Waals surface area (Å²) in [5.74, 6) is -0.630. The van der Waals surface area contributed by atoms with Crippen molar-refractivity contribution in [1.82, 2.24) is 24.4 Å². The van der Waals surface area contributed by atoms with Crippen molar-refractivity contribution in [3.8, 4) is 0 Å². The zero-order valence-corrected chi connectivity index (χ0v) is 16.3. The van der Waals surface area contributed by atoms with Gasteiger partial charge in [-0.25, -0.2) is 12.8 Å². The van der Waals surface area contributed by atoms with E-state index in [1.165, 1.54) is 22.5 Å². The first-order valence-corrected chi connectivity index (χ1v) is 10.3. The van der Waals surface area contributed by atoms with Crippen LogP contribution in [0.3, 0.4) is 0 Å². The van der Waals surface area contributed by atoms with Gasteiger partial charge in [0.1, 0.15) is 10.7 Å².